The number of aromatic nitrogens is 1. The number of nitrogens with zero attached hydrogens (tertiary/aromatic N) is 3. The highest BCUT2D eigenvalue weighted by molar-refractivity contribution is 5.91. The Morgan fingerprint density at radius 1 is 1.43 bits per heavy atom. The smallest absolute Gasteiger partial charge is 0.271 e. The summed E-state index contributed by atoms with van der Waals surface area (Å²) in [6, 6.07) is 5.22. The van der Waals surface area contributed by atoms with E-state index in [9.17, 15) is 9.90 Å². The van der Waals surface area contributed by atoms with E-state index in [0.717, 1.165) is 13.1 Å². The van der Waals surface area contributed by atoms with Crippen molar-refractivity contribution >= 4 is 5.91 Å². The van der Waals surface area contributed by atoms with E-state index in [1.807, 2.05) is 4.90 Å². The number of hydrogen-bond acceptors (Lipinski definition) is 4. The van der Waals surface area contributed by atoms with Gasteiger partial charge < -0.3 is 10.0 Å². The van der Waals surface area contributed by atoms with Crippen LogP contribution < -0.4 is 0 Å². The highest BCUT2D eigenvalue weighted by Crippen LogP contribution is 2.34. The SMILES string of the molecule is CC(C)C1CN(C(C)(O)c2cccc(C(=O)N(C)C)n2)C1. The molecule has 5 nitrogen and oxygen atoms in total. The minimum atomic E-state index is -1.13. The van der Waals surface area contributed by atoms with Crippen molar-refractivity contribution < 1.29 is 9.90 Å². The Bertz CT molecular complexity index is 520. The molecule has 2 rings (SSSR count). The lowest BCUT2D eigenvalue weighted by atomic mass is 9.86. The topological polar surface area (TPSA) is 56.7 Å². The van der Waals surface area contributed by atoms with Crippen molar-refractivity contribution in [2.75, 3.05) is 27.2 Å². The van der Waals surface area contributed by atoms with Crippen molar-refractivity contribution in [1.29, 1.82) is 0 Å². The first-order valence-corrected chi connectivity index (χ1v) is 7.40. The van der Waals surface area contributed by atoms with Gasteiger partial charge in [-0.25, -0.2) is 4.98 Å². The van der Waals surface area contributed by atoms with E-state index >= 15 is 0 Å². The van der Waals surface area contributed by atoms with Crippen LogP contribution in [0.15, 0.2) is 18.2 Å². The van der Waals surface area contributed by atoms with Crippen LogP contribution in [0.25, 0.3) is 0 Å². The molecule has 1 unspecified atom stereocenters. The predicted molar refractivity (Wildman–Crippen MR) is 81.7 cm³/mol. The standard InChI is InChI=1S/C16H25N3O2/c1-11(2)12-9-19(10-12)16(3,21)14-8-6-7-13(17-14)15(20)18(4)5/h6-8,11-12,21H,9-10H2,1-5H3. The maximum absolute atomic E-state index is 12.0. The second-order valence-corrected chi connectivity index (χ2v) is 6.54. The molecule has 1 N–H and O–H groups in total. The van der Waals surface area contributed by atoms with Gasteiger partial charge >= 0.3 is 0 Å². The second kappa shape index (κ2) is 5.73. The first-order valence-electron chi connectivity index (χ1n) is 7.40. The number of rotatable bonds is 4. The van der Waals surface area contributed by atoms with Crippen molar-refractivity contribution in [3.8, 4) is 0 Å². The van der Waals surface area contributed by atoms with E-state index in [-0.39, 0.29) is 5.91 Å². The zero-order valence-corrected chi connectivity index (χ0v) is 13.5. The van der Waals surface area contributed by atoms with Crippen LogP contribution in [0, 0.1) is 11.8 Å². The summed E-state index contributed by atoms with van der Waals surface area (Å²) < 4.78 is 0. The molecule has 0 bridgehead atoms. The van der Waals surface area contributed by atoms with Gasteiger partial charge in [0.2, 0.25) is 0 Å². The maximum atomic E-state index is 12.0. The van der Waals surface area contributed by atoms with Crippen molar-refractivity contribution in [1.82, 2.24) is 14.8 Å². The number of pyridine rings is 1. The molecule has 1 aromatic rings. The van der Waals surface area contributed by atoms with Gasteiger partial charge in [0, 0.05) is 27.2 Å². The molecule has 0 radical (unpaired) electrons. The summed E-state index contributed by atoms with van der Waals surface area (Å²) in [5.74, 6) is 1.08. The van der Waals surface area contributed by atoms with Crippen LogP contribution >= 0.6 is 0 Å². The van der Waals surface area contributed by atoms with Gasteiger partial charge in [0.15, 0.2) is 5.72 Å². The van der Waals surface area contributed by atoms with Crippen molar-refractivity contribution in [2.24, 2.45) is 11.8 Å². The van der Waals surface area contributed by atoms with Gasteiger partial charge in [-0.2, -0.15) is 0 Å². The van der Waals surface area contributed by atoms with Crippen LogP contribution in [-0.2, 0) is 5.72 Å². The number of amides is 1. The molecule has 1 saturated heterocycles. The Morgan fingerprint density at radius 3 is 2.57 bits per heavy atom. The van der Waals surface area contributed by atoms with E-state index in [0.29, 0.717) is 23.2 Å². The van der Waals surface area contributed by atoms with Crippen molar-refractivity contribution in [3.05, 3.63) is 29.6 Å². The average molecular weight is 291 g/mol. The molecular formula is C16H25N3O2. The van der Waals surface area contributed by atoms with Gasteiger partial charge in [0.1, 0.15) is 5.69 Å². The number of hydrogen-bond donors (Lipinski definition) is 1. The maximum Gasteiger partial charge on any atom is 0.271 e. The molecule has 116 valence electrons. The molecule has 5 heteroatoms. The highest BCUT2D eigenvalue weighted by Gasteiger charge is 2.42. The van der Waals surface area contributed by atoms with Gasteiger partial charge in [0.25, 0.3) is 5.91 Å². The third-order valence-corrected chi connectivity index (χ3v) is 4.33. The average Bonchev–Trinajstić information content (AvgIpc) is 2.35. The van der Waals surface area contributed by atoms with Gasteiger partial charge in [-0.15, -0.1) is 0 Å². The third-order valence-electron chi connectivity index (χ3n) is 4.33. The number of likely N-dealkylation sites (tertiary alicyclic amines) is 1. The van der Waals surface area contributed by atoms with Crippen molar-refractivity contribution in [2.45, 2.75) is 26.5 Å². The second-order valence-electron chi connectivity index (χ2n) is 6.54. The quantitative estimate of drug-likeness (QED) is 0.914. The Hall–Kier alpha value is -1.46. The molecule has 0 aliphatic carbocycles. The fourth-order valence-corrected chi connectivity index (χ4v) is 2.50. The fourth-order valence-electron chi connectivity index (χ4n) is 2.50. The third kappa shape index (κ3) is 3.09. The molecule has 1 amide bonds. The molecule has 0 saturated carbocycles. The first-order chi connectivity index (χ1) is 9.73. The summed E-state index contributed by atoms with van der Waals surface area (Å²) in [4.78, 5) is 19.8. The monoisotopic (exact) mass is 291 g/mol. The molecule has 1 fully saturated rings. The highest BCUT2D eigenvalue weighted by atomic mass is 16.3. The lowest BCUT2D eigenvalue weighted by Gasteiger charge is -2.49. The number of carbonyl (C=O) groups is 1. The van der Waals surface area contributed by atoms with E-state index < -0.39 is 5.72 Å². The van der Waals surface area contributed by atoms with Gasteiger partial charge in [-0.1, -0.05) is 19.9 Å². The largest absolute Gasteiger partial charge is 0.370 e. The minimum absolute atomic E-state index is 0.156. The molecule has 1 aliphatic rings. The summed E-state index contributed by atoms with van der Waals surface area (Å²) in [7, 11) is 3.38. The lowest BCUT2D eigenvalue weighted by Crippen LogP contribution is -2.58. The van der Waals surface area contributed by atoms with E-state index in [1.54, 1.807) is 39.2 Å². The Balaban J connectivity index is 2.18. The van der Waals surface area contributed by atoms with E-state index in [1.165, 1.54) is 4.90 Å². The Morgan fingerprint density at radius 2 is 2.05 bits per heavy atom. The molecule has 1 atom stereocenters. The molecule has 0 spiro atoms. The summed E-state index contributed by atoms with van der Waals surface area (Å²) in [6.07, 6.45) is 0. The summed E-state index contributed by atoms with van der Waals surface area (Å²) in [5.41, 5.74) is -0.246. The van der Waals surface area contributed by atoms with Crippen LogP contribution in [0.5, 0.6) is 0 Å². The van der Waals surface area contributed by atoms with Gasteiger partial charge in [0.05, 0.1) is 5.69 Å². The van der Waals surface area contributed by atoms with Crippen LogP contribution in [-0.4, -0.2) is 53.0 Å². The molecule has 2 heterocycles. The summed E-state index contributed by atoms with van der Waals surface area (Å²) >= 11 is 0. The number of carbonyl (C=O) groups excluding carboxylic acids is 1. The Kier molecular flexibility index (Phi) is 4.35. The minimum Gasteiger partial charge on any atom is -0.370 e. The normalized spacial score (nSPS) is 19.2. The van der Waals surface area contributed by atoms with Crippen molar-refractivity contribution in [3.63, 3.8) is 0 Å². The van der Waals surface area contributed by atoms with E-state index in [4.69, 9.17) is 0 Å². The lowest BCUT2D eigenvalue weighted by molar-refractivity contribution is -0.160. The summed E-state index contributed by atoms with van der Waals surface area (Å²) in [5, 5.41) is 10.8. The molecule has 1 aromatic heterocycles. The van der Waals surface area contributed by atoms with Crippen LogP contribution in [0.3, 0.4) is 0 Å². The van der Waals surface area contributed by atoms with Crippen LogP contribution in [0.1, 0.15) is 37.0 Å². The first kappa shape index (κ1) is 15.9. The van der Waals surface area contributed by atoms with Crippen LogP contribution in [0.2, 0.25) is 0 Å². The Labute approximate surface area is 126 Å². The molecule has 1 aliphatic heterocycles. The van der Waals surface area contributed by atoms with E-state index in [2.05, 4.69) is 18.8 Å². The van der Waals surface area contributed by atoms with Gasteiger partial charge in [-0.05, 0) is 30.9 Å². The zero-order valence-electron chi connectivity index (χ0n) is 13.5. The predicted octanol–water partition coefficient (Wildman–Crippen LogP) is 1.54. The molecule has 0 aromatic carbocycles. The molecular weight excluding hydrogens is 266 g/mol. The molecule has 21 heavy (non-hydrogen) atoms. The number of aliphatic hydroxyl groups is 1. The fraction of sp³-hybridized carbons (Fsp3) is 0.625. The van der Waals surface area contributed by atoms with Crippen LogP contribution in [0.4, 0.5) is 0 Å². The zero-order chi connectivity index (χ0) is 15.8. The van der Waals surface area contributed by atoms with Gasteiger partial charge in [-0.3, -0.25) is 9.69 Å². The summed E-state index contributed by atoms with van der Waals surface area (Å²) in [6.45, 7) is 7.86.